The molecule has 1 amide bonds. The number of anilines is 1. The quantitative estimate of drug-likeness (QED) is 0.454. The van der Waals surface area contributed by atoms with Gasteiger partial charge in [0.15, 0.2) is 0 Å². The largest absolute Gasteiger partial charge is 0.326 e. The molecule has 0 spiro atoms. The van der Waals surface area contributed by atoms with Crippen molar-refractivity contribution in [3.05, 3.63) is 60.2 Å². The van der Waals surface area contributed by atoms with Crippen molar-refractivity contribution >= 4 is 28.4 Å². The smallest absolute Gasteiger partial charge is 0.246 e. The van der Waals surface area contributed by atoms with Gasteiger partial charge in [0, 0.05) is 47.3 Å². The zero-order valence-electron chi connectivity index (χ0n) is 18.7. The topological polar surface area (TPSA) is 120 Å². The van der Waals surface area contributed by atoms with Crippen LogP contribution in [-0.4, -0.2) is 46.2 Å². The Bertz CT molecular complexity index is 1360. The lowest BCUT2D eigenvalue weighted by molar-refractivity contribution is -0.116. The first-order valence-corrected chi connectivity index (χ1v) is 10.8. The molecule has 1 N–H and O–H groups in total. The van der Waals surface area contributed by atoms with Crippen molar-refractivity contribution in [3.63, 3.8) is 0 Å². The highest BCUT2D eigenvalue weighted by atomic mass is 16.2. The normalized spacial score (nSPS) is 13.9. The van der Waals surface area contributed by atoms with Crippen molar-refractivity contribution in [2.24, 2.45) is 0 Å². The molecule has 0 aromatic carbocycles. The average Bonchev–Trinajstić information content (AvgIpc) is 3.39. The second-order valence-electron chi connectivity index (χ2n) is 9.27. The molecule has 1 fully saturated rings. The molecule has 10 heteroatoms. The average molecular weight is 444 g/mol. The van der Waals surface area contributed by atoms with Crippen LogP contribution < -0.4 is 5.32 Å². The standard InChI is InChI=1S/C23H24N8O2/c1-23(2,3)31-10-17(16-9-24-13-26-22(16)31)21(33)18-8-15(6-7-25-18)27-20(32)12-30-11-19(28-29-30)14-4-5-14/h6-11,13-14H,4-5,12H2,1-3H3,(H,25,27,32). The van der Waals surface area contributed by atoms with Crippen LogP contribution in [0, 0.1) is 0 Å². The third-order valence-electron chi connectivity index (χ3n) is 5.57. The summed E-state index contributed by atoms with van der Waals surface area (Å²) in [4.78, 5) is 38.5. The number of carbonyl (C=O) groups excluding carboxylic acids is 2. The van der Waals surface area contributed by atoms with Crippen LogP contribution in [0.4, 0.5) is 5.69 Å². The van der Waals surface area contributed by atoms with E-state index in [-0.39, 0.29) is 29.5 Å². The highest BCUT2D eigenvalue weighted by Crippen LogP contribution is 2.38. The maximum atomic E-state index is 13.3. The summed E-state index contributed by atoms with van der Waals surface area (Å²) >= 11 is 0. The molecule has 1 saturated carbocycles. The summed E-state index contributed by atoms with van der Waals surface area (Å²) in [5, 5.41) is 11.6. The van der Waals surface area contributed by atoms with E-state index in [1.165, 1.54) is 17.2 Å². The van der Waals surface area contributed by atoms with Gasteiger partial charge in [0.2, 0.25) is 11.7 Å². The van der Waals surface area contributed by atoms with E-state index in [0.717, 1.165) is 18.5 Å². The zero-order chi connectivity index (χ0) is 23.2. The van der Waals surface area contributed by atoms with Gasteiger partial charge in [-0.15, -0.1) is 5.10 Å². The monoisotopic (exact) mass is 444 g/mol. The van der Waals surface area contributed by atoms with Crippen LogP contribution >= 0.6 is 0 Å². The molecule has 10 nitrogen and oxygen atoms in total. The minimum Gasteiger partial charge on any atom is -0.326 e. The number of hydrogen-bond donors (Lipinski definition) is 1. The lowest BCUT2D eigenvalue weighted by Gasteiger charge is -2.21. The number of nitrogens with zero attached hydrogens (tertiary/aromatic N) is 7. The van der Waals surface area contributed by atoms with Crippen LogP contribution in [0.25, 0.3) is 11.0 Å². The molecule has 4 aromatic heterocycles. The number of aromatic nitrogens is 7. The maximum absolute atomic E-state index is 13.3. The van der Waals surface area contributed by atoms with Crippen LogP contribution in [0.15, 0.2) is 43.2 Å². The van der Waals surface area contributed by atoms with Gasteiger partial charge in [-0.1, -0.05) is 5.21 Å². The van der Waals surface area contributed by atoms with Gasteiger partial charge in [0.1, 0.15) is 24.2 Å². The van der Waals surface area contributed by atoms with E-state index < -0.39 is 0 Å². The van der Waals surface area contributed by atoms with Crippen LogP contribution in [0.2, 0.25) is 0 Å². The third-order valence-corrected chi connectivity index (χ3v) is 5.57. The second kappa shape index (κ2) is 7.88. The van der Waals surface area contributed by atoms with Crippen LogP contribution in [-0.2, 0) is 16.9 Å². The van der Waals surface area contributed by atoms with E-state index >= 15 is 0 Å². The fraction of sp³-hybridized carbons (Fsp3) is 0.348. The number of hydrogen-bond acceptors (Lipinski definition) is 7. The minimum absolute atomic E-state index is 0.0434. The number of ketones is 1. The molecular formula is C23H24N8O2. The van der Waals surface area contributed by atoms with Gasteiger partial charge in [0.25, 0.3) is 0 Å². The van der Waals surface area contributed by atoms with Crippen molar-refractivity contribution in [2.75, 3.05) is 5.32 Å². The molecular weight excluding hydrogens is 420 g/mol. The van der Waals surface area contributed by atoms with Crippen LogP contribution in [0.1, 0.15) is 61.3 Å². The Kier molecular flexibility index (Phi) is 4.99. The predicted molar refractivity (Wildman–Crippen MR) is 121 cm³/mol. The van der Waals surface area contributed by atoms with E-state index in [1.54, 1.807) is 24.5 Å². The number of rotatable bonds is 6. The predicted octanol–water partition coefficient (Wildman–Crippen LogP) is 2.92. The fourth-order valence-electron chi connectivity index (χ4n) is 3.73. The molecule has 5 rings (SSSR count). The van der Waals surface area contributed by atoms with Crippen molar-refractivity contribution in [2.45, 2.75) is 51.6 Å². The van der Waals surface area contributed by atoms with Crippen LogP contribution in [0.3, 0.4) is 0 Å². The first-order valence-electron chi connectivity index (χ1n) is 10.8. The summed E-state index contributed by atoms with van der Waals surface area (Å²) in [7, 11) is 0. The van der Waals surface area contributed by atoms with E-state index in [2.05, 4.69) is 30.6 Å². The molecule has 0 aliphatic heterocycles. The lowest BCUT2D eigenvalue weighted by atomic mass is 10.1. The van der Waals surface area contributed by atoms with Crippen molar-refractivity contribution in [1.82, 2.24) is 34.5 Å². The van der Waals surface area contributed by atoms with Gasteiger partial charge < -0.3 is 9.88 Å². The van der Waals surface area contributed by atoms with Gasteiger partial charge in [-0.25, -0.2) is 14.6 Å². The zero-order valence-corrected chi connectivity index (χ0v) is 18.7. The van der Waals surface area contributed by atoms with Gasteiger partial charge in [-0.2, -0.15) is 0 Å². The molecule has 1 aliphatic rings. The second-order valence-corrected chi connectivity index (χ2v) is 9.27. The molecule has 4 aromatic rings. The van der Waals surface area contributed by atoms with Gasteiger partial charge in [0.05, 0.1) is 11.3 Å². The Morgan fingerprint density at radius 2 is 2.00 bits per heavy atom. The first-order chi connectivity index (χ1) is 15.8. The summed E-state index contributed by atoms with van der Waals surface area (Å²) in [6.45, 7) is 6.17. The summed E-state index contributed by atoms with van der Waals surface area (Å²) in [6, 6.07) is 3.22. The number of pyridine rings is 1. The van der Waals surface area contributed by atoms with Gasteiger partial charge >= 0.3 is 0 Å². The molecule has 1 aliphatic carbocycles. The number of fused-ring (bicyclic) bond motifs is 1. The SMILES string of the molecule is CC(C)(C)n1cc(C(=O)c2cc(NC(=O)Cn3cc(C4CC4)nn3)ccn2)c2cncnc21. The number of carbonyl (C=O) groups is 2. The fourth-order valence-corrected chi connectivity index (χ4v) is 3.73. The van der Waals surface area contributed by atoms with Crippen LogP contribution in [0.5, 0.6) is 0 Å². The summed E-state index contributed by atoms with van der Waals surface area (Å²) in [5.41, 5.74) is 2.52. The highest BCUT2D eigenvalue weighted by Gasteiger charge is 2.27. The molecule has 0 bridgehead atoms. The van der Waals surface area contributed by atoms with E-state index in [0.29, 0.717) is 28.2 Å². The number of nitrogens with one attached hydrogen (secondary N) is 1. The van der Waals surface area contributed by atoms with Gasteiger partial charge in [-0.05, 0) is 45.7 Å². The molecule has 0 atom stereocenters. The van der Waals surface area contributed by atoms with E-state index in [9.17, 15) is 9.59 Å². The number of amides is 1. The van der Waals surface area contributed by atoms with Crippen molar-refractivity contribution in [1.29, 1.82) is 0 Å². The first kappa shape index (κ1) is 20.9. The Balaban J connectivity index is 1.36. The third kappa shape index (κ3) is 4.23. The Labute approximate surface area is 190 Å². The molecule has 168 valence electrons. The molecule has 4 heterocycles. The van der Waals surface area contributed by atoms with Crippen molar-refractivity contribution < 1.29 is 9.59 Å². The van der Waals surface area contributed by atoms with E-state index in [4.69, 9.17) is 0 Å². The molecule has 0 unspecified atom stereocenters. The van der Waals surface area contributed by atoms with Gasteiger partial charge in [-0.3, -0.25) is 14.6 Å². The highest BCUT2D eigenvalue weighted by molar-refractivity contribution is 6.15. The Morgan fingerprint density at radius 3 is 2.76 bits per heavy atom. The van der Waals surface area contributed by atoms with Crippen molar-refractivity contribution in [3.8, 4) is 0 Å². The maximum Gasteiger partial charge on any atom is 0.246 e. The molecule has 0 saturated heterocycles. The molecule has 33 heavy (non-hydrogen) atoms. The Hall–Kier alpha value is -3.95. The summed E-state index contributed by atoms with van der Waals surface area (Å²) < 4.78 is 3.48. The lowest BCUT2D eigenvalue weighted by Crippen LogP contribution is -2.21. The van der Waals surface area contributed by atoms with E-state index in [1.807, 2.05) is 31.5 Å². The summed E-state index contributed by atoms with van der Waals surface area (Å²) in [5.74, 6) is -0.0472. The Morgan fingerprint density at radius 1 is 1.18 bits per heavy atom. The molecule has 0 radical (unpaired) electrons. The summed E-state index contributed by atoms with van der Waals surface area (Å²) in [6.07, 6.45) is 10.5. The minimum atomic E-state index is -0.269.